The average Bonchev–Trinajstić information content (AvgIpc) is 2.39. The summed E-state index contributed by atoms with van der Waals surface area (Å²) in [6.07, 6.45) is 0.150. The van der Waals surface area contributed by atoms with E-state index in [9.17, 15) is 13.9 Å². The highest BCUT2D eigenvalue weighted by Gasteiger charge is 2.09. The minimum atomic E-state index is -0.615. The molecule has 0 aliphatic heterocycles. The summed E-state index contributed by atoms with van der Waals surface area (Å²) in [5, 5.41) is 9.27. The maximum atomic E-state index is 13.4. The second kappa shape index (κ2) is 6.48. The fourth-order valence-electron chi connectivity index (χ4n) is 1.89. The SMILES string of the molecule is CC(O)Cc1ccc(OCc2c(F)cccc2F)cc1. The van der Waals surface area contributed by atoms with Gasteiger partial charge in [0.1, 0.15) is 24.0 Å². The van der Waals surface area contributed by atoms with Crippen LogP contribution in [0.15, 0.2) is 42.5 Å². The van der Waals surface area contributed by atoms with Crippen LogP contribution >= 0.6 is 0 Å². The lowest BCUT2D eigenvalue weighted by Gasteiger charge is -2.09. The number of hydrogen-bond donors (Lipinski definition) is 1. The number of rotatable bonds is 5. The van der Waals surface area contributed by atoms with Crippen LogP contribution in [0.1, 0.15) is 18.1 Å². The Balaban J connectivity index is 2.00. The summed E-state index contributed by atoms with van der Waals surface area (Å²) in [6, 6.07) is 10.8. The van der Waals surface area contributed by atoms with Crippen LogP contribution in [-0.2, 0) is 13.0 Å². The van der Waals surface area contributed by atoms with Gasteiger partial charge in [0.15, 0.2) is 0 Å². The Morgan fingerprint density at radius 3 is 2.20 bits per heavy atom. The van der Waals surface area contributed by atoms with Crippen LogP contribution in [-0.4, -0.2) is 11.2 Å². The highest BCUT2D eigenvalue weighted by molar-refractivity contribution is 5.28. The monoisotopic (exact) mass is 278 g/mol. The van der Waals surface area contributed by atoms with E-state index in [1.54, 1.807) is 19.1 Å². The molecule has 4 heteroatoms. The number of ether oxygens (including phenoxy) is 1. The Hall–Kier alpha value is -1.94. The van der Waals surface area contributed by atoms with Crippen LogP contribution in [0.4, 0.5) is 8.78 Å². The molecule has 0 spiro atoms. The summed E-state index contributed by atoms with van der Waals surface area (Å²) in [5.41, 5.74) is 0.893. The van der Waals surface area contributed by atoms with Gasteiger partial charge in [-0.05, 0) is 43.2 Å². The standard InChI is InChI=1S/C16H16F2O2/c1-11(19)9-12-5-7-13(8-6-12)20-10-14-15(17)3-2-4-16(14)18/h2-8,11,19H,9-10H2,1H3. The summed E-state index contributed by atoms with van der Waals surface area (Å²) in [5.74, 6) is -0.701. The second-order valence-corrected chi connectivity index (χ2v) is 4.69. The second-order valence-electron chi connectivity index (χ2n) is 4.69. The third kappa shape index (κ3) is 3.78. The minimum absolute atomic E-state index is 0.0828. The van der Waals surface area contributed by atoms with Crippen molar-refractivity contribution in [1.82, 2.24) is 0 Å². The molecule has 0 saturated heterocycles. The predicted molar refractivity (Wildman–Crippen MR) is 72.5 cm³/mol. The molecule has 0 heterocycles. The van der Waals surface area contributed by atoms with Gasteiger partial charge in [-0.3, -0.25) is 0 Å². The van der Waals surface area contributed by atoms with Crippen molar-refractivity contribution in [3.63, 3.8) is 0 Å². The van der Waals surface area contributed by atoms with E-state index in [1.807, 2.05) is 12.1 Å². The number of aliphatic hydroxyl groups excluding tert-OH is 1. The summed E-state index contributed by atoms with van der Waals surface area (Å²) in [7, 11) is 0. The van der Waals surface area contributed by atoms with Crippen molar-refractivity contribution >= 4 is 0 Å². The lowest BCUT2D eigenvalue weighted by Crippen LogP contribution is -2.04. The normalized spacial score (nSPS) is 12.2. The Labute approximate surface area is 116 Å². The molecule has 1 unspecified atom stereocenters. The molecule has 1 N–H and O–H groups in total. The molecule has 0 aliphatic carbocycles. The van der Waals surface area contributed by atoms with Crippen LogP contribution in [0.2, 0.25) is 0 Å². The van der Waals surface area contributed by atoms with E-state index in [0.717, 1.165) is 5.56 Å². The molecule has 0 aliphatic rings. The smallest absolute Gasteiger partial charge is 0.132 e. The number of aliphatic hydroxyl groups is 1. The first-order valence-corrected chi connectivity index (χ1v) is 6.39. The molecule has 0 saturated carbocycles. The molecule has 2 nitrogen and oxygen atoms in total. The molecule has 0 radical (unpaired) electrons. The van der Waals surface area contributed by atoms with Gasteiger partial charge in [0.25, 0.3) is 0 Å². The van der Waals surface area contributed by atoms with E-state index in [1.165, 1.54) is 18.2 Å². The number of halogens is 2. The van der Waals surface area contributed by atoms with Crippen LogP contribution in [0, 0.1) is 11.6 Å². The fourth-order valence-corrected chi connectivity index (χ4v) is 1.89. The van der Waals surface area contributed by atoms with Gasteiger partial charge in [0.05, 0.1) is 11.7 Å². The third-order valence-electron chi connectivity index (χ3n) is 2.90. The topological polar surface area (TPSA) is 29.5 Å². The van der Waals surface area contributed by atoms with Gasteiger partial charge in [-0.2, -0.15) is 0 Å². The first kappa shape index (κ1) is 14.5. The van der Waals surface area contributed by atoms with E-state index in [4.69, 9.17) is 4.74 Å². The fraction of sp³-hybridized carbons (Fsp3) is 0.250. The summed E-state index contributed by atoms with van der Waals surface area (Å²) in [6.45, 7) is 1.56. The van der Waals surface area contributed by atoms with E-state index in [0.29, 0.717) is 12.2 Å². The Morgan fingerprint density at radius 1 is 1.05 bits per heavy atom. The van der Waals surface area contributed by atoms with E-state index in [2.05, 4.69) is 0 Å². The summed E-state index contributed by atoms with van der Waals surface area (Å²) in [4.78, 5) is 0. The minimum Gasteiger partial charge on any atom is -0.489 e. The number of hydrogen-bond acceptors (Lipinski definition) is 2. The molecule has 2 aromatic rings. The zero-order valence-corrected chi connectivity index (χ0v) is 11.1. The van der Waals surface area contributed by atoms with Gasteiger partial charge < -0.3 is 9.84 Å². The Kier molecular flexibility index (Phi) is 4.69. The highest BCUT2D eigenvalue weighted by Crippen LogP contribution is 2.18. The third-order valence-corrected chi connectivity index (χ3v) is 2.90. The molecule has 2 aromatic carbocycles. The molecular weight excluding hydrogens is 262 g/mol. The quantitative estimate of drug-likeness (QED) is 0.907. The molecule has 0 fully saturated rings. The average molecular weight is 278 g/mol. The molecule has 2 rings (SSSR count). The van der Waals surface area contributed by atoms with Crippen molar-refractivity contribution in [3.8, 4) is 5.75 Å². The molecule has 0 amide bonds. The molecule has 0 bridgehead atoms. The van der Waals surface area contributed by atoms with Gasteiger partial charge >= 0.3 is 0 Å². The van der Waals surface area contributed by atoms with Crippen molar-refractivity contribution in [2.45, 2.75) is 26.1 Å². The van der Waals surface area contributed by atoms with Gasteiger partial charge in [0.2, 0.25) is 0 Å². The van der Waals surface area contributed by atoms with Crippen LogP contribution in [0.25, 0.3) is 0 Å². The van der Waals surface area contributed by atoms with E-state index < -0.39 is 17.7 Å². The summed E-state index contributed by atoms with van der Waals surface area (Å²) < 4.78 is 32.2. The largest absolute Gasteiger partial charge is 0.489 e. The van der Waals surface area contributed by atoms with Gasteiger partial charge in [-0.25, -0.2) is 8.78 Å². The predicted octanol–water partition coefficient (Wildman–Crippen LogP) is 3.47. The maximum absolute atomic E-state index is 13.4. The highest BCUT2D eigenvalue weighted by atomic mass is 19.1. The van der Waals surface area contributed by atoms with Crippen molar-refractivity contribution in [3.05, 3.63) is 65.2 Å². The zero-order valence-electron chi connectivity index (χ0n) is 11.1. The van der Waals surface area contributed by atoms with Crippen molar-refractivity contribution in [2.75, 3.05) is 0 Å². The van der Waals surface area contributed by atoms with Gasteiger partial charge in [-0.1, -0.05) is 18.2 Å². The molecule has 0 aromatic heterocycles. The van der Waals surface area contributed by atoms with E-state index in [-0.39, 0.29) is 12.2 Å². The molecule has 20 heavy (non-hydrogen) atoms. The molecular formula is C16H16F2O2. The van der Waals surface area contributed by atoms with Crippen LogP contribution < -0.4 is 4.74 Å². The van der Waals surface area contributed by atoms with Crippen molar-refractivity contribution in [2.24, 2.45) is 0 Å². The zero-order chi connectivity index (χ0) is 14.5. The molecule has 106 valence electrons. The van der Waals surface area contributed by atoms with Gasteiger partial charge in [-0.15, -0.1) is 0 Å². The van der Waals surface area contributed by atoms with Crippen molar-refractivity contribution < 1.29 is 18.6 Å². The van der Waals surface area contributed by atoms with Gasteiger partial charge in [0, 0.05) is 0 Å². The van der Waals surface area contributed by atoms with Crippen LogP contribution in [0.5, 0.6) is 5.75 Å². The maximum Gasteiger partial charge on any atom is 0.132 e. The van der Waals surface area contributed by atoms with Crippen LogP contribution in [0.3, 0.4) is 0 Å². The number of benzene rings is 2. The van der Waals surface area contributed by atoms with E-state index >= 15 is 0 Å². The Bertz CT molecular complexity index is 545. The summed E-state index contributed by atoms with van der Waals surface area (Å²) >= 11 is 0. The first-order chi connectivity index (χ1) is 9.56. The lowest BCUT2D eigenvalue weighted by atomic mass is 10.1. The van der Waals surface area contributed by atoms with Crippen molar-refractivity contribution in [1.29, 1.82) is 0 Å². The Morgan fingerprint density at radius 2 is 1.65 bits per heavy atom. The molecule has 1 atom stereocenters. The lowest BCUT2D eigenvalue weighted by molar-refractivity contribution is 0.195. The first-order valence-electron chi connectivity index (χ1n) is 6.39.